The molecule has 0 aromatic heterocycles. The number of carbonyl (C=O) groups excluding carboxylic acids is 1. The van der Waals surface area contributed by atoms with Crippen LogP contribution in [0.2, 0.25) is 0 Å². The van der Waals surface area contributed by atoms with E-state index in [-0.39, 0.29) is 18.3 Å². The van der Waals surface area contributed by atoms with Gasteiger partial charge in [-0.25, -0.2) is 0 Å². The number of halogens is 1. The van der Waals surface area contributed by atoms with E-state index in [0.717, 1.165) is 45.7 Å². The van der Waals surface area contributed by atoms with Gasteiger partial charge in [-0.3, -0.25) is 4.79 Å². The Bertz CT molecular complexity index is 277. The zero-order valence-electron chi connectivity index (χ0n) is 12.5. The maximum Gasteiger partial charge on any atom is 0.220 e. The molecule has 5 heteroatoms. The fourth-order valence-corrected chi connectivity index (χ4v) is 3.10. The van der Waals surface area contributed by atoms with Crippen LogP contribution in [0, 0.1) is 17.8 Å². The second-order valence-electron chi connectivity index (χ2n) is 6.15. The fourth-order valence-electron chi connectivity index (χ4n) is 3.10. The maximum absolute atomic E-state index is 12.0. The van der Waals surface area contributed by atoms with Crippen molar-refractivity contribution >= 4 is 18.3 Å². The Kier molecular flexibility index (Phi) is 8.50. The average Bonchev–Trinajstić information content (AvgIpc) is 2.47. The zero-order chi connectivity index (χ0) is 13.5. The Balaban J connectivity index is 0.00000200. The molecule has 2 heterocycles. The van der Waals surface area contributed by atoms with Crippen LogP contribution in [0.4, 0.5) is 0 Å². The number of hydrogen-bond donors (Lipinski definition) is 2. The number of carbonyl (C=O) groups is 1. The molecular formula is C15H29ClN2O2. The summed E-state index contributed by atoms with van der Waals surface area (Å²) in [4.78, 5) is 12.0. The van der Waals surface area contributed by atoms with Gasteiger partial charge in [0.1, 0.15) is 0 Å². The first-order chi connectivity index (χ1) is 9.25. The number of hydrogen-bond acceptors (Lipinski definition) is 3. The topological polar surface area (TPSA) is 50.4 Å². The van der Waals surface area contributed by atoms with E-state index >= 15 is 0 Å². The summed E-state index contributed by atoms with van der Waals surface area (Å²) in [5.41, 5.74) is 0. The number of ether oxygens (including phenoxy) is 1. The second kappa shape index (κ2) is 9.59. The Morgan fingerprint density at radius 2 is 2.10 bits per heavy atom. The predicted octanol–water partition coefficient (Wildman–Crippen LogP) is 1.98. The minimum Gasteiger partial charge on any atom is -0.381 e. The lowest BCUT2D eigenvalue weighted by molar-refractivity contribution is -0.122. The molecule has 2 unspecified atom stereocenters. The van der Waals surface area contributed by atoms with Gasteiger partial charge in [-0.15, -0.1) is 12.4 Å². The molecule has 0 bridgehead atoms. The molecule has 0 radical (unpaired) electrons. The highest BCUT2D eigenvalue weighted by Crippen LogP contribution is 2.22. The van der Waals surface area contributed by atoms with Gasteiger partial charge in [0.15, 0.2) is 0 Å². The number of nitrogens with one attached hydrogen (secondary N) is 2. The van der Waals surface area contributed by atoms with Crippen molar-refractivity contribution in [2.45, 2.75) is 39.0 Å². The van der Waals surface area contributed by atoms with Crippen LogP contribution >= 0.6 is 12.4 Å². The monoisotopic (exact) mass is 304 g/mol. The molecule has 2 fully saturated rings. The Hall–Kier alpha value is -0.320. The van der Waals surface area contributed by atoms with E-state index in [1.165, 1.54) is 12.8 Å². The molecule has 0 spiro atoms. The van der Waals surface area contributed by atoms with Crippen molar-refractivity contribution in [1.82, 2.24) is 10.6 Å². The third kappa shape index (κ3) is 5.98. The third-order valence-electron chi connectivity index (χ3n) is 4.58. The average molecular weight is 305 g/mol. The lowest BCUT2D eigenvalue weighted by Crippen LogP contribution is -2.37. The first kappa shape index (κ1) is 17.7. The molecule has 0 aliphatic carbocycles. The minimum absolute atomic E-state index is 0. The summed E-state index contributed by atoms with van der Waals surface area (Å²) in [6.45, 7) is 6.96. The van der Waals surface area contributed by atoms with Crippen molar-refractivity contribution in [3.8, 4) is 0 Å². The molecule has 2 atom stereocenters. The van der Waals surface area contributed by atoms with Crippen LogP contribution in [0.1, 0.15) is 39.0 Å². The Morgan fingerprint density at radius 3 is 2.75 bits per heavy atom. The van der Waals surface area contributed by atoms with Crippen LogP contribution in [0.3, 0.4) is 0 Å². The number of amides is 1. The molecule has 2 aliphatic heterocycles. The number of piperidine rings is 1. The van der Waals surface area contributed by atoms with E-state index in [1.54, 1.807) is 0 Å². The third-order valence-corrected chi connectivity index (χ3v) is 4.58. The van der Waals surface area contributed by atoms with Gasteiger partial charge in [0, 0.05) is 26.2 Å². The molecule has 2 saturated heterocycles. The fraction of sp³-hybridized carbons (Fsp3) is 0.933. The van der Waals surface area contributed by atoms with Crippen LogP contribution in [-0.2, 0) is 9.53 Å². The van der Waals surface area contributed by atoms with Crippen LogP contribution in [-0.4, -0.2) is 38.8 Å². The van der Waals surface area contributed by atoms with Crippen LogP contribution in [0.5, 0.6) is 0 Å². The SMILES string of the molecule is CC(CC(=O)NCC1CCOCC1)C1CCCNC1.Cl. The summed E-state index contributed by atoms with van der Waals surface area (Å²) < 4.78 is 5.33. The van der Waals surface area contributed by atoms with E-state index < -0.39 is 0 Å². The van der Waals surface area contributed by atoms with Gasteiger partial charge in [0.05, 0.1) is 0 Å². The molecule has 2 rings (SSSR count). The van der Waals surface area contributed by atoms with Gasteiger partial charge in [0.2, 0.25) is 5.91 Å². The van der Waals surface area contributed by atoms with E-state index in [1.807, 2.05) is 0 Å². The largest absolute Gasteiger partial charge is 0.381 e. The first-order valence-electron chi connectivity index (χ1n) is 7.81. The van der Waals surface area contributed by atoms with E-state index in [9.17, 15) is 4.79 Å². The predicted molar refractivity (Wildman–Crippen MR) is 83.2 cm³/mol. The first-order valence-corrected chi connectivity index (χ1v) is 7.81. The Morgan fingerprint density at radius 1 is 1.35 bits per heavy atom. The molecule has 0 aromatic carbocycles. The van der Waals surface area contributed by atoms with Gasteiger partial charge in [0.25, 0.3) is 0 Å². The summed E-state index contributed by atoms with van der Waals surface area (Å²) in [6.07, 6.45) is 5.36. The highest BCUT2D eigenvalue weighted by molar-refractivity contribution is 5.85. The molecule has 2 N–H and O–H groups in total. The van der Waals surface area contributed by atoms with Gasteiger partial charge >= 0.3 is 0 Å². The van der Waals surface area contributed by atoms with Crippen molar-refractivity contribution in [2.24, 2.45) is 17.8 Å². The van der Waals surface area contributed by atoms with Crippen LogP contribution in [0.15, 0.2) is 0 Å². The smallest absolute Gasteiger partial charge is 0.220 e. The standard InChI is InChI=1S/C15H28N2O2.ClH/c1-12(14-3-2-6-16-11-14)9-15(18)17-10-13-4-7-19-8-5-13;/h12-14,16H,2-11H2,1H3,(H,17,18);1H. The van der Waals surface area contributed by atoms with Crippen molar-refractivity contribution < 1.29 is 9.53 Å². The van der Waals surface area contributed by atoms with Gasteiger partial charge in [-0.2, -0.15) is 0 Å². The second-order valence-corrected chi connectivity index (χ2v) is 6.15. The summed E-state index contributed by atoms with van der Waals surface area (Å²) in [5, 5.41) is 6.53. The maximum atomic E-state index is 12.0. The molecule has 118 valence electrons. The molecular weight excluding hydrogens is 276 g/mol. The summed E-state index contributed by atoms with van der Waals surface area (Å²) in [6, 6.07) is 0. The van der Waals surface area contributed by atoms with Crippen molar-refractivity contribution in [3.05, 3.63) is 0 Å². The molecule has 0 aromatic rings. The number of rotatable bonds is 5. The summed E-state index contributed by atoms with van der Waals surface area (Å²) in [7, 11) is 0. The normalized spacial score (nSPS) is 25.6. The van der Waals surface area contributed by atoms with E-state index in [0.29, 0.717) is 24.2 Å². The molecule has 2 aliphatic rings. The van der Waals surface area contributed by atoms with Crippen molar-refractivity contribution in [3.63, 3.8) is 0 Å². The lowest BCUT2D eigenvalue weighted by Gasteiger charge is -2.28. The van der Waals surface area contributed by atoms with Gasteiger partial charge in [-0.1, -0.05) is 6.92 Å². The minimum atomic E-state index is 0. The van der Waals surface area contributed by atoms with Crippen molar-refractivity contribution in [2.75, 3.05) is 32.8 Å². The highest BCUT2D eigenvalue weighted by Gasteiger charge is 2.22. The summed E-state index contributed by atoms with van der Waals surface area (Å²) >= 11 is 0. The van der Waals surface area contributed by atoms with Crippen molar-refractivity contribution in [1.29, 1.82) is 0 Å². The molecule has 0 saturated carbocycles. The highest BCUT2D eigenvalue weighted by atomic mass is 35.5. The Labute approximate surface area is 128 Å². The van der Waals surface area contributed by atoms with Crippen LogP contribution in [0.25, 0.3) is 0 Å². The van der Waals surface area contributed by atoms with Crippen LogP contribution < -0.4 is 10.6 Å². The molecule has 4 nitrogen and oxygen atoms in total. The molecule has 20 heavy (non-hydrogen) atoms. The zero-order valence-corrected chi connectivity index (χ0v) is 13.3. The lowest BCUT2D eigenvalue weighted by atomic mass is 9.85. The van der Waals surface area contributed by atoms with Gasteiger partial charge < -0.3 is 15.4 Å². The summed E-state index contributed by atoms with van der Waals surface area (Å²) in [5.74, 6) is 2.00. The van der Waals surface area contributed by atoms with E-state index in [2.05, 4.69) is 17.6 Å². The van der Waals surface area contributed by atoms with E-state index in [4.69, 9.17) is 4.74 Å². The van der Waals surface area contributed by atoms with Gasteiger partial charge in [-0.05, 0) is 56.5 Å². The molecule has 1 amide bonds. The quantitative estimate of drug-likeness (QED) is 0.816.